The van der Waals surface area contributed by atoms with Gasteiger partial charge in [-0.25, -0.2) is 0 Å². The largest absolute Gasteiger partial charge is 0.327 e. The Morgan fingerprint density at radius 2 is 1.79 bits per heavy atom. The Morgan fingerprint density at radius 1 is 1.11 bits per heavy atom. The maximum Gasteiger partial charge on any atom is 0.00698 e. The molecule has 2 rings (SSSR count). The summed E-state index contributed by atoms with van der Waals surface area (Å²) < 4.78 is 0. The molecule has 0 spiro atoms. The average Bonchev–Trinajstić information content (AvgIpc) is 3.15. The normalized spacial score (nSPS) is 34.7. The minimum absolute atomic E-state index is 0.396. The van der Waals surface area contributed by atoms with E-state index in [4.69, 9.17) is 5.73 Å². The van der Waals surface area contributed by atoms with Crippen molar-refractivity contribution in [2.24, 2.45) is 28.9 Å². The smallest absolute Gasteiger partial charge is 0.00698 e. The van der Waals surface area contributed by atoms with E-state index in [0.29, 0.717) is 17.4 Å². The van der Waals surface area contributed by atoms with E-state index in [1.165, 1.54) is 51.7 Å². The van der Waals surface area contributed by atoms with Crippen LogP contribution in [0.3, 0.4) is 0 Å². The topological polar surface area (TPSA) is 29.3 Å². The van der Waals surface area contributed by atoms with E-state index in [2.05, 4.69) is 32.6 Å². The molecule has 2 nitrogen and oxygen atoms in total. The van der Waals surface area contributed by atoms with Crippen LogP contribution in [0.2, 0.25) is 0 Å². The summed E-state index contributed by atoms with van der Waals surface area (Å²) in [7, 11) is 0. The van der Waals surface area contributed by atoms with Crippen LogP contribution in [-0.2, 0) is 0 Å². The van der Waals surface area contributed by atoms with Gasteiger partial charge >= 0.3 is 0 Å². The van der Waals surface area contributed by atoms with Crippen molar-refractivity contribution in [2.75, 3.05) is 19.6 Å². The summed E-state index contributed by atoms with van der Waals surface area (Å²) in [4.78, 5) is 2.74. The summed E-state index contributed by atoms with van der Waals surface area (Å²) in [5.41, 5.74) is 6.68. The zero-order valence-electron chi connectivity index (χ0n) is 13.5. The highest BCUT2D eigenvalue weighted by Gasteiger charge is 2.42. The Bertz CT molecular complexity index is 283. The van der Waals surface area contributed by atoms with E-state index in [1.807, 2.05) is 0 Å². The predicted molar refractivity (Wildman–Crippen MR) is 83.1 cm³/mol. The van der Waals surface area contributed by atoms with Crippen LogP contribution in [0, 0.1) is 23.2 Å². The average molecular weight is 266 g/mol. The highest BCUT2D eigenvalue weighted by atomic mass is 15.1. The van der Waals surface area contributed by atoms with Crippen LogP contribution in [0.1, 0.15) is 59.8 Å². The summed E-state index contributed by atoms with van der Waals surface area (Å²) >= 11 is 0. The zero-order chi connectivity index (χ0) is 14.0. The van der Waals surface area contributed by atoms with Crippen LogP contribution in [0.15, 0.2) is 0 Å². The fraction of sp³-hybridized carbons (Fsp3) is 1.00. The second-order valence-electron chi connectivity index (χ2n) is 7.75. The van der Waals surface area contributed by atoms with Gasteiger partial charge < -0.3 is 10.6 Å². The first kappa shape index (κ1) is 15.3. The number of nitrogens with zero attached hydrogens (tertiary/aromatic N) is 1. The lowest BCUT2D eigenvalue weighted by atomic mass is 9.61. The van der Waals surface area contributed by atoms with E-state index in [-0.39, 0.29) is 0 Å². The molecule has 19 heavy (non-hydrogen) atoms. The first-order valence-corrected chi connectivity index (χ1v) is 8.43. The molecule has 2 aliphatic carbocycles. The zero-order valence-corrected chi connectivity index (χ0v) is 13.5. The number of nitrogens with two attached hydrogens (primary N) is 1. The lowest BCUT2D eigenvalue weighted by Crippen LogP contribution is -2.50. The molecule has 2 heteroatoms. The first-order chi connectivity index (χ1) is 8.95. The molecular weight excluding hydrogens is 232 g/mol. The van der Waals surface area contributed by atoms with Gasteiger partial charge in [-0.15, -0.1) is 0 Å². The van der Waals surface area contributed by atoms with E-state index < -0.39 is 0 Å². The van der Waals surface area contributed by atoms with Gasteiger partial charge in [-0.3, -0.25) is 0 Å². The van der Waals surface area contributed by atoms with E-state index in [1.54, 1.807) is 0 Å². The third-order valence-electron chi connectivity index (χ3n) is 5.95. The molecule has 0 saturated heterocycles. The Labute approximate surface area is 120 Å². The molecule has 0 bridgehead atoms. The summed E-state index contributed by atoms with van der Waals surface area (Å²) in [6, 6.07) is 0.411. The lowest BCUT2D eigenvalue weighted by molar-refractivity contribution is 0.0276. The van der Waals surface area contributed by atoms with Crippen LogP contribution in [0.4, 0.5) is 0 Å². The Kier molecular flexibility index (Phi) is 4.94. The fourth-order valence-corrected chi connectivity index (χ4v) is 3.82. The van der Waals surface area contributed by atoms with Crippen molar-refractivity contribution >= 4 is 0 Å². The molecule has 2 fully saturated rings. The van der Waals surface area contributed by atoms with Gasteiger partial charge in [-0.2, -0.15) is 0 Å². The molecular formula is C17H34N2. The number of hydrogen-bond acceptors (Lipinski definition) is 2. The molecule has 0 aromatic heterocycles. The van der Waals surface area contributed by atoms with E-state index in [9.17, 15) is 0 Å². The quantitative estimate of drug-likeness (QED) is 0.797. The van der Waals surface area contributed by atoms with Gasteiger partial charge in [-0.1, -0.05) is 27.7 Å². The summed E-state index contributed by atoms with van der Waals surface area (Å²) in [5.74, 6) is 2.49. The maximum atomic E-state index is 6.28. The molecule has 2 saturated carbocycles. The van der Waals surface area contributed by atoms with E-state index in [0.717, 1.165) is 11.8 Å². The van der Waals surface area contributed by atoms with Crippen molar-refractivity contribution in [2.45, 2.75) is 65.8 Å². The summed E-state index contributed by atoms with van der Waals surface area (Å²) in [5, 5.41) is 0. The van der Waals surface area contributed by atoms with Crippen LogP contribution in [0.25, 0.3) is 0 Å². The van der Waals surface area contributed by atoms with Gasteiger partial charge in [0.15, 0.2) is 0 Å². The highest BCUT2D eigenvalue weighted by molar-refractivity contribution is 4.94. The summed E-state index contributed by atoms with van der Waals surface area (Å²) in [6.07, 6.45) is 6.77. The number of hydrogen-bond donors (Lipinski definition) is 1. The highest BCUT2D eigenvalue weighted by Crippen LogP contribution is 2.45. The minimum Gasteiger partial charge on any atom is -0.327 e. The van der Waals surface area contributed by atoms with Crippen LogP contribution >= 0.6 is 0 Å². The van der Waals surface area contributed by atoms with Crippen molar-refractivity contribution < 1.29 is 0 Å². The molecule has 0 aromatic rings. The van der Waals surface area contributed by atoms with Crippen molar-refractivity contribution in [3.05, 3.63) is 0 Å². The standard InChI is InChI=1S/C17H34N2/c1-5-10-19(11-14-6-7-14)12-15-8-9-16(18)13(2)17(15,3)4/h13-16H,5-12,18H2,1-4H3. The Morgan fingerprint density at radius 3 is 2.37 bits per heavy atom. The van der Waals surface area contributed by atoms with E-state index >= 15 is 0 Å². The monoisotopic (exact) mass is 266 g/mol. The SMILES string of the molecule is CCCN(CC1CC1)CC1CCC(N)C(C)C1(C)C. The molecule has 3 unspecified atom stereocenters. The molecule has 0 aromatic carbocycles. The number of rotatable bonds is 6. The second kappa shape index (κ2) is 6.13. The maximum absolute atomic E-state index is 6.28. The van der Waals surface area contributed by atoms with Crippen LogP contribution < -0.4 is 5.73 Å². The minimum atomic E-state index is 0.396. The third-order valence-corrected chi connectivity index (χ3v) is 5.95. The van der Waals surface area contributed by atoms with Crippen LogP contribution in [0.5, 0.6) is 0 Å². The van der Waals surface area contributed by atoms with Crippen molar-refractivity contribution in [3.63, 3.8) is 0 Å². The van der Waals surface area contributed by atoms with Gasteiger partial charge in [0.1, 0.15) is 0 Å². The molecule has 2 N–H and O–H groups in total. The fourth-order valence-electron chi connectivity index (χ4n) is 3.82. The summed E-state index contributed by atoms with van der Waals surface area (Å²) in [6.45, 7) is 13.5. The molecule has 3 atom stereocenters. The molecule has 112 valence electrons. The Hall–Kier alpha value is -0.0800. The molecule has 2 aliphatic rings. The van der Waals surface area contributed by atoms with Gasteiger partial charge in [0.25, 0.3) is 0 Å². The third kappa shape index (κ3) is 3.72. The van der Waals surface area contributed by atoms with Crippen molar-refractivity contribution in [1.29, 1.82) is 0 Å². The van der Waals surface area contributed by atoms with Gasteiger partial charge in [0, 0.05) is 19.1 Å². The molecule has 0 radical (unpaired) electrons. The van der Waals surface area contributed by atoms with Crippen LogP contribution in [-0.4, -0.2) is 30.6 Å². The second-order valence-corrected chi connectivity index (χ2v) is 7.75. The van der Waals surface area contributed by atoms with Gasteiger partial charge in [0.2, 0.25) is 0 Å². The van der Waals surface area contributed by atoms with Crippen molar-refractivity contribution in [1.82, 2.24) is 4.90 Å². The van der Waals surface area contributed by atoms with Gasteiger partial charge in [0.05, 0.1) is 0 Å². The molecule has 0 heterocycles. The lowest BCUT2D eigenvalue weighted by Gasteiger charge is -2.48. The molecule has 0 amide bonds. The first-order valence-electron chi connectivity index (χ1n) is 8.43. The van der Waals surface area contributed by atoms with Gasteiger partial charge in [-0.05, 0) is 61.8 Å². The predicted octanol–water partition coefficient (Wildman–Crippen LogP) is 3.51. The Balaban J connectivity index is 1.94. The van der Waals surface area contributed by atoms with Crippen molar-refractivity contribution in [3.8, 4) is 0 Å². The molecule has 0 aliphatic heterocycles.